The van der Waals surface area contributed by atoms with Crippen molar-refractivity contribution in [2.24, 2.45) is 0 Å². The van der Waals surface area contributed by atoms with Crippen molar-refractivity contribution in [3.05, 3.63) is 47.0 Å². The second kappa shape index (κ2) is 4.66. The van der Waals surface area contributed by atoms with Crippen molar-refractivity contribution in [2.75, 3.05) is 0 Å². The van der Waals surface area contributed by atoms with Crippen molar-refractivity contribution in [1.82, 2.24) is 0 Å². The number of rotatable bonds is 3. The third kappa shape index (κ3) is 2.44. The molecule has 0 heterocycles. The van der Waals surface area contributed by atoms with Crippen LogP contribution in [-0.4, -0.2) is 5.11 Å². The van der Waals surface area contributed by atoms with E-state index in [1.807, 2.05) is 0 Å². The van der Waals surface area contributed by atoms with Crippen LogP contribution in [0.4, 0.5) is 0 Å². The van der Waals surface area contributed by atoms with Gasteiger partial charge in [0.15, 0.2) is 0 Å². The third-order valence-electron chi connectivity index (χ3n) is 3.95. The van der Waals surface area contributed by atoms with E-state index >= 15 is 0 Å². The van der Waals surface area contributed by atoms with E-state index < -0.39 is 0 Å². The summed E-state index contributed by atoms with van der Waals surface area (Å²) >= 11 is 0. The lowest BCUT2D eigenvalue weighted by molar-refractivity contribution is 0.208. The van der Waals surface area contributed by atoms with E-state index in [0.29, 0.717) is 0 Å². The second-order valence-electron chi connectivity index (χ2n) is 5.37. The minimum absolute atomic E-state index is 0.367. The highest BCUT2D eigenvalue weighted by Crippen LogP contribution is 2.41. The van der Waals surface area contributed by atoms with Gasteiger partial charge in [-0.1, -0.05) is 30.3 Å². The van der Waals surface area contributed by atoms with Crippen molar-refractivity contribution in [3.8, 4) is 0 Å². The van der Waals surface area contributed by atoms with Crippen LogP contribution < -0.4 is 0 Å². The Morgan fingerprint density at radius 2 is 2.06 bits per heavy atom. The Labute approximate surface area is 103 Å². The minimum Gasteiger partial charge on any atom is -0.384 e. The lowest BCUT2D eigenvalue weighted by Crippen LogP contribution is -2.05. The number of allylic oxidation sites excluding steroid dienone is 1. The fourth-order valence-corrected chi connectivity index (χ4v) is 2.73. The fraction of sp³-hybridized carbons (Fsp3) is 0.500. The van der Waals surface area contributed by atoms with Crippen molar-refractivity contribution < 1.29 is 5.11 Å². The van der Waals surface area contributed by atoms with E-state index in [-0.39, 0.29) is 6.10 Å². The normalized spacial score (nSPS) is 22.1. The molecule has 2 aliphatic carbocycles. The zero-order chi connectivity index (χ0) is 11.7. The average molecular weight is 228 g/mol. The Morgan fingerprint density at radius 1 is 1.18 bits per heavy atom. The summed E-state index contributed by atoms with van der Waals surface area (Å²) < 4.78 is 0. The van der Waals surface area contributed by atoms with Crippen molar-refractivity contribution in [2.45, 2.75) is 50.5 Å². The summed E-state index contributed by atoms with van der Waals surface area (Å²) in [5.41, 5.74) is 3.73. The van der Waals surface area contributed by atoms with Gasteiger partial charge in [0.1, 0.15) is 6.10 Å². The Bertz CT molecular complexity index is 429. The van der Waals surface area contributed by atoms with Gasteiger partial charge in [0.2, 0.25) is 0 Å². The monoisotopic (exact) mass is 228 g/mol. The van der Waals surface area contributed by atoms with Gasteiger partial charge in [-0.05, 0) is 61.1 Å². The molecule has 0 spiro atoms. The van der Waals surface area contributed by atoms with E-state index in [2.05, 4.69) is 30.3 Å². The van der Waals surface area contributed by atoms with Gasteiger partial charge in [0.05, 0.1) is 0 Å². The molecule has 0 radical (unpaired) electrons. The first-order valence-electron chi connectivity index (χ1n) is 6.81. The lowest BCUT2D eigenvalue weighted by Gasteiger charge is -2.19. The number of hydrogen-bond donors (Lipinski definition) is 1. The second-order valence-corrected chi connectivity index (χ2v) is 5.37. The molecule has 1 fully saturated rings. The number of hydrogen-bond acceptors (Lipinski definition) is 1. The number of aliphatic hydroxyl groups excluding tert-OH is 1. The smallest absolute Gasteiger partial charge is 0.100 e. The lowest BCUT2D eigenvalue weighted by atomic mass is 9.91. The summed E-state index contributed by atoms with van der Waals surface area (Å²) in [6.45, 7) is 0. The zero-order valence-corrected chi connectivity index (χ0v) is 10.2. The maximum absolute atomic E-state index is 10.4. The van der Waals surface area contributed by atoms with Gasteiger partial charge >= 0.3 is 0 Å². The van der Waals surface area contributed by atoms with Crippen molar-refractivity contribution >= 4 is 0 Å². The summed E-state index contributed by atoms with van der Waals surface area (Å²) in [4.78, 5) is 0. The van der Waals surface area contributed by atoms with Crippen LogP contribution >= 0.6 is 0 Å². The molecule has 0 bridgehead atoms. The van der Waals surface area contributed by atoms with Gasteiger partial charge in [-0.15, -0.1) is 0 Å². The molecule has 1 N–H and O–H groups in total. The molecule has 0 saturated heterocycles. The Kier molecular flexibility index (Phi) is 3.02. The fourth-order valence-electron chi connectivity index (χ4n) is 2.73. The SMILES string of the molecule is OC(C1=CCCCC1)c1cccc(C2CC2)c1. The van der Waals surface area contributed by atoms with Crippen LogP contribution in [-0.2, 0) is 0 Å². The van der Waals surface area contributed by atoms with E-state index in [1.165, 1.54) is 36.8 Å². The van der Waals surface area contributed by atoms with Crippen LogP contribution in [0.1, 0.15) is 61.7 Å². The highest BCUT2D eigenvalue weighted by atomic mass is 16.3. The molecule has 1 atom stereocenters. The molecule has 1 saturated carbocycles. The minimum atomic E-state index is -0.367. The molecule has 0 aliphatic heterocycles. The number of benzene rings is 1. The number of aliphatic hydroxyl groups is 1. The predicted octanol–water partition coefficient (Wildman–Crippen LogP) is 4.10. The van der Waals surface area contributed by atoms with Crippen molar-refractivity contribution in [3.63, 3.8) is 0 Å². The molecule has 0 aromatic heterocycles. The van der Waals surface area contributed by atoms with Crippen LogP contribution in [0.5, 0.6) is 0 Å². The molecule has 1 nitrogen and oxygen atoms in total. The van der Waals surface area contributed by atoms with E-state index in [4.69, 9.17) is 0 Å². The quantitative estimate of drug-likeness (QED) is 0.772. The average Bonchev–Trinajstić information content (AvgIpc) is 3.23. The Balaban J connectivity index is 1.82. The highest BCUT2D eigenvalue weighted by Gasteiger charge is 2.24. The summed E-state index contributed by atoms with van der Waals surface area (Å²) in [6, 6.07) is 8.56. The zero-order valence-electron chi connectivity index (χ0n) is 10.2. The van der Waals surface area contributed by atoms with E-state index in [0.717, 1.165) is 24.3 Å². The van der Waals surface area contributed by atoms with Crippen LogP contribution in [0.15, 0.2) is 35.9 Å². The van der Waals surface area contributed by atoms with Gasteiger partial charge in [-0.25, -0.2) is 0 Å². The predicted molar refractivity (Wildman–Crippen MR) is 69.9 cm³/mol. The molecular formula is C16H20O. The molecule has 1 aromatic carbocycles. The maximum Gasteiger partial charge on any atom is 0.100 e. The first-order valence-corrected chi connectivity index (χ1v) is 6.81. The summed E-state index contributed by atoms with van der Waals surface area (Å²) in [6.07, 6.45) is 9.21. The molecular weight excluding hydrogens is 208 g/mol. The molecule has 17 heavy (non-hydrogen) atoms. The molecule has 1 heteroatoms. The van der Waals surface area contributed by atoms with Gasteiger partial charge in [0, 0.05) is 0 Å². The molecule has 3 rings (SSSR count). The van der Waals surface area contributed by atoms with Gasteiger partial charge in [-0.2, -0.15) is 0 Å². The van der Waals surface area contributed by atoms with Crippen molar-refractivity contribution in [1.29, 1.82) is 0 Å². The molecule has 90 valence electrons. The van der Waals surface area contributed by atoms with Gasteiger partial charge in [0.25, 0.3) is 0 Å². The first-order chi connectivity index (χ1) is 8.34. The van der Waals surface area contributed by atoms with Crippen LogP contribution in [0.2, 0.25) is 0 Å². The molecule has 1 aromatic rings. The Hall–Kier alpha value is -1.08. The topological polar surface area (TPSA) is 20.2 Å². The van der Waals surface area contributed by atoms with E-state index in [9.17, 15) is 5.11 Å². The van der Waals surface area contributed by atoms with E-state index in [1.54, 1.807) is 0 Å². The summed E-state index contributed by atoms with van der Waals surface area (Å²) in [5, 5.41) is 10.4. The van der Waals surface area contributed by atoms with Gasteiger partial charge in [-0.3, -0.25) is 0 Å². The molecule has 1 unspecified atom stereocenters. The third-order valence-corrected chi connectivity index (χ3v) is 3.95. The summed E-state index contributed by atoms with van der Waals surface area (Å²) in [5.74, 6) is 0.766. The molecule has 2 aliphatic rings. The highest BCUT2D eigenvalue weighted by molar-refractivity contribution is 5.34. The Morgan fingerprint density at radius 3 is 2.76 bits per heavy atom. The van der Waals surface area contributed by atoms with Crippen LogP contribution in [0.25, 0.3) is 0 Å². The maximum atomic E-state index is 10.4. The van der Waals surface area contributed by atoms with Gasteiger partial charge < -0.3 is 5.11 Å². The summed E-state index contributed by atoms with van der Waals surface area (Å²) in [7, 11) is 0. The first kappa shape index (κ1) is 11.0. The largest absolute Gasteiger partial charge is 0.384 e. The van der Waals surface area contributed by atoms with Crippen LogP contribution in [0.3, 0.4) is 0 Å². The molecule has 0 amide bonds. The van der Waals surface area contributed by atoms with Crippen LogP contribution in [0, 0.1) is 0 Å². The standard InChI is InChI=1S/C16H20O/c17-16(13-5-2-1-3-6-13)15-8-4-7-14(11-15)12-9-10-12/h4-5,7-8,11-12,16-17H,1-3,6,9-10H2.